The van der Waals surface area contributed by atoms with Crippen LogP contribution in [0.25, 0.3) is 0 Å². The van der Waals surface area contributed by atoms with Gasteiger partial charge in [-0.2, -0.15) is 0 Å². The number of benzene rings is 1. The molecule has 0 aliphatic heterocycles. The fourth-order valence-corrected chi connectivity index (χ4v) is 1.96. The summed E-state index contributed by atoms with van der Waals surface area (Å²) >= 11 is 0. The fourth-order valence-electron chi connectivity index (χ4n) is 1.96. The molecule has 132 valence electrons. The number of ether oxygens (including phenoxy) is 2. The first-order valence-corrected chi connectivity index (χ1v) is 8.03. The number of halogens is 1. The van der Waals surface area contributed by atoms with E-state index in [1.165, 1.54) is 5.56 Å². The third-order valence-corrected chi connectivity index (χ3v) is 3.13. The highest BCUT2D eigenvalue weighted by Gasteiger charge is 1.98. The quantitative estimate of drug-likeness (QED) is 0.257. The summed E-state index contributed by atoms with van der Waals surface area (Å²) in [6.07, 6.45) is 1.90. The van der Waals surface area contributed by atoms with Gasteiger partial charge >= 0.3 is 0 Å². The van der Waals surface area contributed by atoms with Gasteiger partial charge in [0, 0.05) is 32.8 Å². The van der Waals surface area contributed by atoms with Gasteiger partial charge in [-0.1, -0.05) is 12.1 Å². The van der Waals surface area contributed by atoms with E-state index in [0.29, 0.717) is 0 Å². The first-order chi connectivity index (χ1) is 10.8. The highest BCUT2D eigenvalue weighted by Crippen LogP contribution is 2.11. The standard InChI is InChI=1S/C17H29N3O2.HI/c1-4-18-17(19-12-6-14-22-5-2)20-13-11-15-7-9-16(21-3)10-8-15;/h7-10H,4-6,11-14H2,1-3H3,(H2,18,19,20);1H. The summed E-state index contributed by atoms with van der Waals surface area (Å²) in [5.41, 5.74) is 1.28. The lowest BCUT2D eigenvalue weighted by Gasteiger charge is -2.11. The van der Waals surface area contributed by atoms with Gasteiger partial charge in [0.2, 0.25) is 0 Å². The number of rotatable bonds is 10. The van der Waals surface area contributed by atoms with Crippen LogP contribution in [0, 0.1) is 0 Å². The predicted octanol–water partition coefficient (Wildman–Crippen LogP) is 2.84. The highest BCUT2D eigenvalue weighted by atomic mass is 127. The second-order valence-corrected chi connectivity index (χ2v) is 4.84. The molecule has 0 saturated carbocycles. The molecule has 0 aromatic heterocycles. The molecule has 1 aromatic rings. The Morgan fingerprint density at radius 3 is 2.48 bits per heavy atom. The van der Waals surface area contributed by atoms with Crippen molar-refractivity contribution in [3.8, 4) is 5.75 Å². The molecule has 1 aromatic carbocycles. The highest BCUT2D eigenvalue weighted by molar-refractivity contribution is 14.0. The van der Waals surface area contributed by atoms with Gasteiger partial charge in [0.1, 0.15) is 5.75 Å². The number of aliphatic imine (C=N–C) groups is 1. The van der Waals surface area contributed by atoms with E-state index in [9.17, 15) is 0 Å². The van der Waals surface area contributed by atoms with Gasteiger partial charge in [0.05, 0.1) is 7.11 Å². The summed E-state index contributed by atoms with van der Waals surface area (Å²) < 4.78 is 10.5. The third-order valence-electron chi connectivity index (χ3n) is 3.13. The van der Waals surface area contributed by atoms with Crippen molar-refractivity contribution in [2.45, 2.75) is 26.7 Å². The monoisotopic (exact) mass is 435 g/mol. The molecule has 23 heavy (non-hydrogen) atoms. The van der Waals surface area contributed by atoms with Crippen molar-refractivity contribution >= 4 is 29.9 Å². The normalized spacial score (nSPS) is 10.8. The Morgan fingerprint density at radius 2 is 1.87 bits per heavy atom. The van der Waals surface area contributed by atoms with Crippen LogP contribution in [0.3, 0.4) is 0 Å². The van der Waals surface area contributed by atoms with Crippen molar-refractivity contribution in [3.63, 3.8) is 0 Å². The van der Waals surface area contributed by atoms with E-state index in [-0.39, 0.29) is 24.0 Å². The Bertz CT molecular complexity index is 424. The molecule has 6 heteroatoms. The van der Waals surface area contributed by atoms with Crippen molar-refractivity contribution in [3.05, 3.63) is 29.8 Å². The zero-order valence-corrected chi connectivity index (χ0v) is 16.8. The number of hydrogen-bond donors (Lipinski definition) is 2. The van der Waals surface area contributed by atoms with Gasteiger partial charge in [-0.15, -0.1) is 24.0 Å². The summed E-state index contributed by atoms with van der Waals surface area (Å²) in [6, 6.07) is 8.16. The van der Waals surface area contributed by atoms with Crippen molar-refractivity contribution in [2.24, 2.45) is 4.99 Å². The molecule has 1 rings (SSSR count). The van der Waals surface area contributed by atoms with Gasteiger partial charge in [-0.05, 0) is 44.4 Å². The summed E-state index contributed by atoms with van der Waals surface area (Å²) in [6.45, 7) is 8.10. The molecular formula is C17H30IN3O2. The van der Waals surface area contributed by atoms with Crippen LogP contribution in [0.4, 0.5) is 0 Å². The number of guanidine groups is 1. The Labute approximate surface area is 157 Å². The lowest BCUT2D eigenvalue weighted by atomic mass is 10.1. The van der Waals surface area contributed by atoms with E-state index < -0.39 is 0 Å². The van der Waals surface area contributed by atoms with E-state index in [0.717, 1.165) is 57.4 Å². The van der Waals surface area contributed by atoms with Crippen molar-refractivity contribution in [1.82, 2.24) is 10.6 Å². The van der Waals surface area contributed by atoms with E-state index in [2.05, 4.69) is 34.7 Å². The van der Waals surface area contributed by atoms with Crippen molar-refractivity contribution < 1.29 is 9.47 Å². The summed E-state index contributed by atoms with van der Waals surface area (Å²) in [5.74, 6) is 1.76. The van der Waals surface area contributed by atoms with Crippen LogP contribution < -0.4 is 15.4 Å². The maximum absolute atomic E-state index is 5.31. The summed E-state index contributed by atoms with van der Waals surface area (Å²) in [5, 5.41) is 6.61. The second-order valence-electron chi connectivity index (χ2n) is 4.84. The summed E-state index contributed by atoms with van der Waals surface area (Å²) in [4.78, 5) is 4.54. The second kappa shape index (κ2) is 14.6. The molecule has 0 bridgehead atoms. The van der Waals surface area contributed by atoms with Crippen LogP contribution in [-0.4, -0.2) is 45.9 Å². The van der Waals surface area contributed by atoms with E-state index in [4.69, 9.17) is 9.47 Å². The molecule has 2 N–H and O–H groups in total. The third kappa shape index (κ3) is 10.4. The molecule has 0 heterocycles. The average molecular weight is 435 g/mol. The molecule has 0 fully saturated rings. The molecule has 0 spiro atoms. The Hall–Kier alpha value is -1.02. The Balaban J connectivity index is 0.00000484. The topological polar surface area (TPSA) is 54.9 Å². The lowest BCUT2D eigenvalue weighted by Crippen LogP contribution is -2.38. The zero-order chi connectivity index (χ0) is 16.0. The molecule has 5 nitrogen and oxygen atoms in total. The minimum Gasteiger partial charge on any atom is -0.497 e. The Morgan fingerprint density at radius 1 is 1.13 bits per heavy atom. The molecule has 0 amide bonds. The van der Waals surface area contributed by atoms with Crippen LogP contribution in [0.1, 0.15) is 25.8 Å². The van der Waals surface area contributed by atoms with Gasteiger partial charge in [-0.3, -0.25) is 4.99 Å². The van der Waals surface area contributed by atoms with Crippen LogP contribution in [0.15, 0.2) is 29.3 Å². The molecule has 0 aliphatic carbocycles. The number of methoxy groups -OCH3 is 1. The molecule has 0 atom stereocenters. The molecule has 0 unspecified atom stereocenters. The Kier molecular flexibility index (Phi) is 13.9. The largest absolute Gasteiger partial charge is 0.497 e. The molecular weight excluding hydrogens is 405 g/mol. The van der Waals surface area contributed by atoms with E-state index >= 15 is 0 Å². The number of nitrogens with zero attached hydrogens (tertiary/aromatic N) is 1. The first kappa shape index (κ1) is 22.0. The summed E-state index contributed by atoms with van der Waals surface area (Å²) in [7, 11) is 1.68. The fraction of sp³-hybridized carbons (Fsp3) is 0.588. The van der Waals surface area contributed by atoms with Crippen molar-refractivity contribution in [2.75, 3.05) is 40.0 Å². The van der Waals surface area contributed by atoms with Crippen LogP contribution in [-0.2, 0) is 11.2 Å². The molecule has 0 saturated heterocycles. The van der Waals surface area contributed by atoms with Crippen LogP contribution in [0.5, 0.6) is 5.75 Å². The number of nitrogens with one attached hydrogen (secondary N) is 2. The minimum atomic E-state index is 0. The predicted molar refractivity (Wildman–Crippen MR) is 107 cm³/mol. The van der Waals surface area contributed by atoms with Crippen LogP contribution >= 0.6 is 24.0 Å². The average Bonchev–Trinajstić information content (AvgIpc) is 2.55. The maximum atomic E-state index is 5.31. The first-order valence-electron chi connectivity index (χ1n) is 8.03. The van der Waals surface area contributed by atoms with Crippen molar-refractivity contribution in [1.29, 1.82) is 0 Å². The van der Waals surface area contributed by atoms with Crippen LogP contribution in [0.2, 0.25) is 0 Å². The minimum absolute atomic E-state index is 0. The SMILES string of the molecule is CCNC(=NCCCOCC)NCCc1ccc(OC)cc1.I. The smallest absolute Gasteiger partial charge is 0.191 e. The van der Waals surface area contributed by atoms with Gasteiger partial charge in [-0.25, -0.2) is 0 Å². The molecule has 0 aliphatic rings. The number of hydrogen-bond acceptors (Lipinski definition) is 3. The van der Waals surface area contributed by atoms with Gasteiger partial charge in [0.15, 0.2) is 5.96 Å². The molecule has 0 radical (unpaired) electrons. The van der Waals surface area contributed by atoms with Gasteiger partial charge in [0.25, 0.3) is 0 Å². The lowest BCUT2D eigenvalue weighted by molar-refractivity contribution is 0.146. The maximum Gasteiger partial charge on any atom is 0.191 e. The van der Waals surface area contributed by atoms with Gasteiger partial charge < -0.3 is 20.1 Å². The zero-order valence-electron chi connectivity index (χ0n) is 14.4. The van der Waals surface area contributed by atoms with E-state index in [1.807, 2.05) is 19.1 Å². The van der Waals surface area contributed by atoms with E-state index in [1.54, 1.807) is 7.11 Å².